The van der Waals surface area contributed by atoms with E-state index in [1.165, 1.54) is 6.07 Å². The van der Waals surface area contributed by atoms with Crippen LogP contribution in [0.25, 0.3) is 0 Å². The van der Waals surface area contributed by atoms with E-state index >= 15 is 0 Å². The molecule has 0 unspecified atom stereocenters. The van der Waals surface area contributed by atoms with Gasteiger partial charge in [0.05, 0.1) is 17.8 Å². The van der Waals surface area contributed by atoms with Crippen LogP contribution in [0, 0.1) is 5.92 Å². The molecule has 0 saturated heterocycles. The molecule has 2 aromatic rings. The molecule has 31 heavy (non-hydrogen) atoms. The zero-order valence-electron chi connectivity index (χ0n) is 17.3. The third kappa shape index (κ3) is 6.23. The standard InChI is InChI=1S/C23H24ClF3N2O2/c1-15(2)10-22(30)29(13-16-6-5-7-17(11-16)23(25,26)27)14-18-12-21(28-31-18)19-8-3-4-9-20(19)24/h3-9,11,15,18H,10,12-14H2,1-2H3/t18-/m0/s1. The fourth-order valence-electron chi connectivity index (χ4n) is 3.43. The van der Waals surface area contributed by atoms with Gasteiger partial charge in [-0.1, -0.05) is 60.9 Å². The molecule has 166 valence electrons. The number of nitrogens with zero attached hydrogens (tertiary/aromatic N) is 2. The van der Waals surface area contributed by atoms with Gasteiger partial charge in [0.1, 0.15) is 0 Å². The Balaban J connectivity index is 1.73. The van der Waals surface area contributed by atoms with Crippen molar-refractivity contribution in [2.75, 3.05) is 6.54 Å². The van der Waals surface area contributed by atoms with Crippen LogP contribution in [-0.2, 0) is 22.4 Å². The first-order valence-electron chi connectivity index (χ1n) is 10.0. The summed E-state index contributed by atoms with van der Waals surface area (Å²) in [7, 11) is 0. The zero-order chi connectivity index (χ0) is 22.6. The molecule has 0 bridgehead atoms. The van der Waals surface area contributed by atoms with Crippen molar-refractivity contribution < 1.29 is 22.8 Å². The van der Waals surface area contributed by atoms with E-state index in [1.807, 2.05) is 32.0 Å². The summed E-state index contributed by atoms with van der Waals surface area (Å²) in [5, 5.41) is 4.68. The summed E-state index contributed by atoms with van der Waals surface area (Å²) < 4.78 is 39.2. The van der Waals surface area contributed by atoms with Crippen LogP contribution in [0.4, 0.5) is 13.2 Å². The topological polar surface area (TPSA) is 41.9 Å². The van der Waals surface area contributed by atoms with Crippen LogP contribution in [0.1, 0.15) is 43.4 Å². The fraction of sp³-hybridized carbons (Fsp3) is 0.391. The molecule has 0 aromatic heterocycles. The SMILES string of the molecule is CC(C)CC(=O)N(Cc1cccc(C(F)(F)F)c1)C[C@@H]1CC(c2ccccc2Cl)=NO1. The predicted octanol–water partition coefficient (Wildman–Crippen LogP) is 5.93. The highest BCUT2D eigenvalue weighted by Gasteiger charge is 2.31. The Kier molecular flexibility index (Phi) is 7.26. The molecule has 1 aliphatic rings. The highest BCUT2D eigenvalue weighted by atomic mass is 35.5. The normalized spacial score (nSPS) is 16.2. The van der Waals surface area contributed by atoms with Crippen LogP contribution in [-0.4, -0.2) is 29.2 Å². The third-order valence-corrected chi connectivity index (χ3v) is 5.23. The van der Waals surface area contributed by atoms with Gasteiger partial charge in [0.15, 0.2) is 6.10 Å². The largest absolute Gasteiger partial charge is 0.416 e. The Morgan fingerprint density at radius 2 is 1.97 bits per heavy atom. The van der Waals surface area contributed by atoms with Gasteiger partial charge in [0.25, 0.3) is 0 Å². The van der Waals surface area contributed by atoms with Crippen molar-refractivity contribution in [2.45, 2.75) is 45.5 Å². The molecule has 2 aromatic carbocycles. The molecule has 3 rings (SSSR count). The van der Waals surface area contributed by atoms with Gasteiger partial charge < -0.3 is 9.74 Å². The van der Waals surface area contributed by atoms with E-state index in [0.29, 0.717) is 29.1 Å². The second-order valence-corrected chi connectivity index (χ2v) is 8.43. The molecule has 8 heteroatoms. The summed E-state index contributed by atoms with van der Waals surface area (Å²) in [6, 6.07) is 12.3. The molecule has 1 atom stereocenters. The maximum absolute atomic E-state index is 13.1. The number of hydrogen-bond donors (Lipinski definition) is 0. The molecule has 0 N–H and O–H groups in total. The molecule has 0 fully saturated rings. The average Bonchev–Trinajstić information content (AvgIpc) is 3.15. The van der Waals surface area contributed by atoms with Crippen molar-refractivity contribution in [1.29, 1.82) is 0 Å². The van der Waals surface area contributed by atoms with Crippen molar-refractivity contribution in [3.8, 4) is 0 Å². The van der Waals surface area contributed by atoms with Gasteiger partial charge in [0.2, 0.25) is 5.91 Å². The van der Waals surface area contributed by atoms with E-state index in [2.05, 4.69) is 5.16 Å². The van der Waals surface area contributed by atoms with Gasteiger partial charge in [0, 0.05) is 30.0 Å². The maximum atomic E-state index is 13.1. The molecule has 0 spiro atoms. The van der Waals surface area contributed by atoms with Crippen LogP contribution in [0.15, 0.2) is 53.7 Å². The smallest absolute Gasteiger partial charge is 0.390 e. The van der Waals surface area contributed by atoms with Crippen molar-refractivity contribution >= 4 is 23.2 Å². The first kappa shape index (κ1) is 23.1. The van der Waals surface area contributed by atoms with Gasteiger partial charge in [-0.15, -0.1) is 0 Å². The minimum absolute atomic E-state index is 0.0662. The monoisotopic (exact) mass is 452 g/mol. The molecule has 4 nitrogen and oxygen atoms in total. The highest BCUT2D eigenvalue weighted by Crippen LogP contribution is 2.30. The first-order valence-corrected chi connectivity index (χ1v) is 10.4. The summed E-state index contributed by atoms with van der Waals surface area (Å²) in [5.74, 6) is -0.0156. The minimum Gasteiger partial charge on any atom is -0.390 e. The summed E-state index contributed by atoms with van der Waals surface area (Å²) in [4.78, 5) is 19.9. The van der Waals surface area contributed by atoms with Crippen molar-refractivity contribution in [3.63, 3.8) is 0 Å². The van der Waals surface area contributed by atoms with Crippen molar-refractivity contribution in [2.24, 2.45) is 11.1 Å². The number of benzene rings is 2. The van der Waals surface area contributed by atoms with Crippen molar-refractivity contribution in [3.05, 3.63) is 70.2 Å². The fourth-order valence-corrected chi connectivity index (χ4v) is 3.67. The van der Waals surface area contributed by atoms with E-state index in [4.69, 9.17) is 16.4 Å². The second kappa shape index (κ2) is 9.73. The molecule has 1 amide bonds. The molecule has 0 aliphatic carbocycles. The van der Waals surface area contributed by atoms with Crippen LogP contribution in [0.3, 0.4) is 0 Å². The zero-order valence-corrected chi connectivity index (χ0v) is 18.1. The summed E-state index contributed by atoms with van der Waals surface area (Å²) >= 11 is 6.23. The van der Waals surface area contributed by atoms with Gasteiger partial charge >= 0.3 is 6.18 Å². The summed E-state index contributed by atoms with van der Waals surface area (Å²) in [6.45, 7) is 4.13. The lowest BCUT2D eigenvalue weighted by molar-refractivity contribution is -0.137. The van der Waals surface area contributed by atoms with E-state index in [9.17, 15) is 18.0 Å². The molecule has 0 radical (unpaired) electrons. The van der Waals surface area contributed by atoms with Gasteiger partial charge in [-0.2, -0.15) is 13.2 Å². The predicted molar refractivity (Wildman–Crippen MR) is 114 cm³/mol. The van der Waals surface area contributed by atoms with Crippen molar-refractivity contribution in [1.82, 2.24) is 4.90 Å². The lowest BCUT2D eigenvalue weighted by atomic mass is 10.0. The van der Waals surface area contributed by atoms with E-state index in [-0.39, 0.29) is 24.9 Å². The summed E-state index contributed by atoms with van der Waals surface area (Å²) in [5.41, 5.74) is 1.13. The Labute approximate surface area is 184 Å². The highest BCUT2D eigenvalue weighted by molar-refractivity contribution is 6.34. The number of oxime groups is 1. The van der Waals surface area contributed by atoms with Gasteiger partial charge in [-0.3, -0.25) is 4.79 Å². The number of amides is 1. The Bertz CT molecular complexity index is 960. The molecule has 1 aliphatic heterocycles. The number of carbonyl (C=O) groups excluding carboxylic acids is 1. The van der Waals surface area contributed by atoms with Crippen LogP contribution in [0.2, 0.25) is 5.02 Å². The quantitative estimate of drug-likeness (QED) is 0.522. The first-order chi connectivity index (χ1) is 14.6. The van der Waals surface area contributed by atoms with Crippen LogP contribution in [0.5, 0.6) is 0 Å². The van der Waals surface area contributed by atoms with Gasteiger partial charge in [-0.05, 0) is 29.7 Å². The number of halogens is 4. The molecule has 0 saturated carbocycles. The Morgan fingerprint density at radius 1 is 1.23 bits per heavy atom. The van der Waals surface area contributed by atoms with E-state index < -0.39 is 17.8 Å². The minimum atomic E-state index is -4.44. The maximum Gasteiger partial charge on any atom is 0.416 e. The Hall–Kier alpha value is -2.54. The molecular weight excluding hydrogens is 429 g/mol. The summed E-state index contributed by atoms with van der Waals surface area (Å²) in [6.07, 6.45) is -4.08. The lowest BCUT2D eigenvalue weighted by Gasteiger charge is -2.26. The average molecular weight is 453 g/mol. The van der Waals surface area contributed by atoms with E-state index in [1.54, 1.807) is 17.0 Å². The lowest BCUT2D eigenvalue weighted by Crippen LogP contribution is -2.37. The number of hydrogen-bond acceptors (Lipinski definition) is 3. The number of rotatable bonds is 7. The number of carbonyl (C=O) groups is 1. The second-order valence-electron chi connectivity index (χ2n) is 8.02. The van der Waals surface area contributed by atoms with Crippen LogP contribution >= 0.6 is 11.6 Å². The van der Waals surface area contributed by atoms with Crippen LogP contribution < -0.4 is 0 Å². The third-order valence-electron chi connectivity index (χ3n) is 4.91. The van der Waals surface area contributed by atoms with E-state index in [0.717, 1.165) is 17.7 Å². The Morgan fingerprint density at radius 3 is 2.65 bits per heavy atom. The number of alkyl halides is 3. The molecule has 1 heterocycles. The van der Waals surface area contributed by atoms with Gasteiger partial charge in [-0.25, -0.2) is 0 Å². The molecular formula is C23H24ClF3N2O2.